The first-order valence-electron chi connectivity index (χ1n) is 6.50. The molecule has 2 aromatic carbocycles. The molecule has 0 aliphatic carbocycles. The van der Waals surface area contributed by atoms with Gasteiger partial charge in [0.15, 0.2) is 12.4 Å². The normalized spacial score (nSPS) is 10.0. The summed E-state index contributed by atoms with van der Waals surface area (Å²) in [6.45, 7) is -0.375. The number of carbonyl (C=O) groups excluding carboxylic acids is 1. The topological polar surface area (TPSA) is 90.7 Å². The van der Waals surface area contributed by atoms with E-state index in [1.165, 1.54) is 25.3 Å². The van der Waals surface area contributed by atoms with Crippen molar-refractivity contribution in [3.63, 3.8) is 0 Å². The van der Waals surface area contributed by atoms with E-state index in [2.05, 4.69) is 5.32 Å². The Balaban J connectivity index is 2.02. The third kappa shape index (κ3) is 4.58. The highest BCUT2D eigenvalue weighted by atomic mass is 35.5. The average Bonchev–Trinajstić information content (AvgIpc) is 2.52. The van der Waals surface area contributed by atoms with Crippen molar-refractivity contribution in [1.29, 1.82) is 0 Å². The monoisotopic (exact) mass is 336 g/mol. The van der Waals surface area contributed by atoms with E-state index in [0.717, 1.165) is 0 Å². The van der Waals surface area contributed by atoms with Gasteiger partial charge in [-0.05, 0) is 30.3 Å². The maximum absolute atomic E-state index is 11.8. The van der Waals surface area contributed by atoms with Crippen LogP contribution in [0.3, 0.4) is 0 Å². The third-order valence-corrected chi connectivity index (χ3v) is 3.07. The summed E-state index contributed by atoms with van der Waals surface area (Å²) in [6.07, 6.45) is 0. The summed E-state index contributed by atoms with van der Waals surface area (Å²) < 4.78 is 10.1. The van der Waals surface area contributed by atoms with Crippen LogP contribution in [-0.4, -0.2) is 24.5 Å². The Bertz CT molecular complexity index is 736. The van der Waals surface area contributed by atoms with E-state index < -0.39 is 10.8 Å². The number of anilines is 1. The molecule has 23 heavy (non-hydrogen) atoms. The lowest BCUT2D eigenvalue weighted by molar-refractivity contribution is -0.385. The van der Waals surface area contributed by atoms with Gasteiger partial charge in [-0.25, -0.2) is 0 Å². The van der Waals surface area contributed by atoms with Gasteiger partial charge >= 0.3 is 5.69 Å². The molecule has 0 bridgehead atoms. The van der Waals surface area contributed by atoms with Crippen LogP contribution in [0.15, 0.2) is 42.5 Å². The molecule has 7 nitrogen and oxygen atoms in total. The molecule has 0 unspecified atom stereocenters. The van der Waals surface area contributed by atoms with E-state index in [1.807, 2.05) is 0 Å². The first kappa shape index (κ1) is 16.6. The molecule has 0 aliphatic heterocycles. The van der Waals surface area contributed by atoms with Crippen molar-refractivity contribution in [3.8, 4) is 11.5 Å². The number of benzene rings is 2. The summed E-state index contributed by atoms with van der Waals surface area (Å²) in [5.41, 5.74) is 0.232. The SMILES string of the molecule is COc1ccc(OCC(=O)Nc2cccc(Cl)c2)c([N+](=O)[O-])c1. The molecule has 0 aromatic heterocycles. The van der Waals surface area contributed by atoms with Gasteiger partial charge in [0.2, 0.25) is 0 Å². The Kier molecular flexibility index (Phi) is 5.37. The molecule has 0 spiro atoms. The standard InChI is InChI=1S/C15H13ClN2O5/c1-22-12-5-6-14(13(8-12)18(20)21)23-9-15(19)17-11-4-2-3-10(16)7-11/h2-8H,9H2,1H3,(H,17,19). The van der Waals surface area contributed by atoms with Crippen molar-refractivity contribution in [2.24, 2.45) is 0 Å². The number of ether oxygens (including phenoxy) is 2. The van der Waals surface area contributed by atoms with E-state index in [0.29, 0.717) is 16.5 Å². The molecule has 0 saturated carbocycles. The maximum Gasteiger partial charge on any atom is 0.314 e. The van der Waals surface area contributed by atoms with E-state index in [4.69, 9.17) is 21.1 Å². The number of hydrogen-bond donors (Lipinski definition) is 1. The number of nitrogens with zero attached hydrogens (tertiary/aromatic N) is 1. The molecule has 1 amide bonds. The summed E-state index contributed by atoms with van der Waals surface area (Å²) >= 11 is 5.82. The van der Waals surface area contributed by atoms with Gasteiger partial charge in [-0.1, -0.05) is 17.7 Å². The zero-order valence-corrected chi connectivity index (χ0v) is 12.9. The van der Waals surface area contributed by atoms with E-state index in [9.17, 15) is 14.9 Å². The van der Waals surface area contributed by atoms with Crippen molar-refractivity contribution in [2.75, 3.05) is 19.0 Å². The highest BCUT2D eigenvalue weighted by Gasteiger charge is 2.17. The van der Waals surface area contributed by atoms with Crippen molar-refractivity contribution in [1.82, 2.24) is 0 Å². The number of nitro benzene ring substituents is 1. The molecule has 0 saturated heterocycles. The second-order valence-corrected chi connectivity index (χ2v) is 4.87. The molecule has 0 radical (unpaired) electrons. The third-order valence-electron chi connectivity index (χ3n) is 2.83. The second kappa shape index (κ2) is 7.46. The fourth-order valence-corrected chi connectivity index (χ4v) is 1.99. The number of nitrogens with one attached hydrogen (secondary N) is 1. The predicted molar refractivity (Wildman–Crippen MR) is 85.2 cm³/mol. The second-order valence-electron chi connectivity index (χ2n) is 4.44. The summed E-state index contributed by atoms with van der Waals surface area (Å²) in [5.74, 6) is -0.151. The molecule has 8 heteroatoms. The highest BCUT2D eigenvalue weighted by molar-refractivity contribution is 6.30. The molecule has 2 aromatic rings. The van der Waals surface area contributed by atoms with Crippen LogP contribution in [0.2, 0.25) is 5.02 Å². The van der Waals surface area contributed by atoms with Gasteiger partial charge in [-0.2, -0.15) is 0 Å². The lowest BCUT2D eigenvalue weighted by Crippen LogP contribution is -2.20. The zero-order valence-electron chi connectivity index (χ0n) is 12.1. The zero-order chi connectivity index (χ0) is 16.8. The fourth-order valence-electron chi connectivity index (χ4n) is 1.80. The van der Waals surface area contributed by atoms with Crippen LogP contribution in [0.1, 0.15) is 0 Å². The highest BCUT2D eigenvalue weighted by Crippen LogP contribution is 2.30. The van der Waals surface area contributed by atoms with Crippen LogP contribution >= 0.6 is 11.6 Å². The van der Waals surface area contributed by atoms with Crippen molar-refractivity contribution < 1.29 is 19.2 Å². The summed E-state index contributed by atoms with van der Waals surface area (Å²) in [7, 11) is 1.40. The van der Waals surface area contributed by atoms with Gasteiger partial charge in [0, 0.05) is 10.7 Å². The van der Waals surface area contributed by atoms with Gasteiger partial charge < -0.3 is 14.8 Å². The van der Waals surface area contributed by atoms with Crippen LogP contribution in [-0.2, 0) is 4.79 Å². The molecule has 0 heterocycles. The molecule has 120 valence electrons. The Morgan fingerprint density at radius 1 is 1.30 bits per heavy atom. The minimum atomic E-state index is -0.604. The van der Waals surface area contributed by atoms with Gasteiger partial charge in [0.1, 0.15) is 5.75 Å². The van der Waals surface area contributed by atoms with Crippen LogP contribution in [0, 0.1) is 10.1 Å². The number of hydrogen-bond acceptors (Lipinski definition) is 5. The van der Waals surface area contributed by atoms with Crippen molar-refractivity contribution >= 4 is 28.9 Å². The summed E-state index contributed by atoms with van der Waals surface area (Å²) in [6, 6.07) is 10.7. The number of nitro groups is 1. The van der Waals surface area contributed by atoms with Gasteiger partial charge in [-0.15, -0.1) is 0 Å². The van der Waals surface area contributed by atoms with Gasteiger partial charge in [0.25, 0.3) is 5.91 Å². The molecule has 0 fully saturated rings. The number of halogens is 1. The lowest BCUT2D eigenvalue weighted by Gasteiger charge is -2.09. The van der Waals surface area contributed by atoms with E-state index in [-0.39, 0.29) is 18.0 Å². The minimum absolute atomic E-state index is 0.0166. The average molecular weight is 337 g/mol. The van der Waals surface area contributed by atoms with Crippen molar-refractivity contribution in [3.05, 3.63) is 57.6 Å². The minimum Gasteiger partial charge on any atom is -0.496 e. The maximum atomic E-state index is 11.8. The van der Waals surface area contributed by atoms with Crippen LogP contribution in [0.5, 0.6) is 11.5 Å². The molecule has 2 rings (SSSR count). The van der Waals surface area contributed by atoms with Crippen LogP contribution < -0.4 is 14.8 Å². The first-order valence-corrected chi connectivity index (χ1v) is 6.88. The quantitative estimate of drug-likeness (QED) is 0.645. The van der Waals surface area contributed by atoms with E-state index in [1.54, 1.807) is 24.3 Å². The summed E-state index contributed by atoms with van der Waals surface area (Å²) in [5, 5.41) is 14.1. The number of carbonyl (C=O) groups is 1. The molecule has 1 N–H and O–H groups in total. The lowest BCUT2D eigenvalue weighted by atomic mass is 10.3. The molecule has 0 aliphatic rings. The van der Waals surface area contributed by atoms with Gasteiger partial charge in [-0.3, -0.25) is 14.9 Å². The van der Waals surface area contributed by atoms with Crippen LogP contribution in [0.25, 0.3) is 0 Å². The Morgan fingerprint density at radius 3 is 2.74 bits per heavy atom. The number of amides is 1. The number of rotatable bonds is 6. The Morgan fingerprint density at radius 2 is 2.09 bits per heavy atom. The molecule has 0 atom stereocenters. The predicted octanol–water partition coefficient (Wildman–Crippen LogP) is 3.27. The largest absolute Gasteiger partial charge is 0.496 e. The Hall–Kier alpha value is -2.80. The van der Waals surface area contributed by atoms with E-state index >= 15 is 0 Å². The molecular formula is C15H13ClN2O5. The van der Waals surface area contributed by atoms with Crippen molar-refractivity contribution in [2.45, 2.75) is 0 Å². The first-order chi connectivity index (χ1) is 11.0. The fraction of sp³-hybridized carbons (Fsp3) is 0.133. The number of methoxy groups -OCH3 is 1. The summed E-state index contributed by atoms with van der Waals surface area (Å²) in [4.78, 5) is 22.2. The Labute approximate surface area is 136 Å². The van der Waals surface area contributed by atoms with Crippen LogP contribution in [0.4, 0.5) is 11.4 Å². The molecular weight excluding hydrogens is 324 g/mol. The smallest absolute Gasteiger partial charge is 0.314 e. The van der Waals surface area contributed by atoms with Gasteiger partial charge in [0.05, 0.1) is 18.1 Å².